The molecule has 0 aliphatic carbocycles. The van der Waals surface area contributed by atoms with Crippen molar-refractivity contribution in [1.82, 2.24) is 24.3 Å². The van der Waals surface area contributed by atoms with Gasteiger partial charge in [0, 0.05) is 24.2 Å². The first kappa shape index (κ1) is 21.0. The zero-order valence-corrected chi connectivity index (χ0v) is 18.3. The van der Waals surface area contributed by atoms with Crippen molar-refractivity contribution in [3.63, 3.8) is 0 Å². The number of halogens is 4. The quantitative estimate of drug-likeness (QED) is 0.541. The molecule has 4 heterocycles. The molecule has 0 bridgehead atoms. The van der Waals surface area contributed by atoms with Crippen LogP contribution < -0.4 is 10.6 Å². The van der Waals surface area contributed by atoms with Crippen molar-refractivity contribution in [1.29, 1.82) is 0 Å². The second-order valence-electron chi connectivity index (χ2n) is 7.06. The van der Waals surface area contributed by atoms with Crippen LogP contribution in [0.3, 0.4) is 0 Å². The predicted octanol–water partition coefficient (Wildman–Crippen LogP) is 3.88. The van der Waals surface area contributed by atoms with Crippen molar-refractivity contribution in [2.45, 2.75) is 38.5 Å². The van der Waals surface area contributed by atoms with Crippen LogP contribution >= 0.6 is 27.3 Å². The lowest BCUT2D eigenvalue weighted by atomic mass is 10.1. The van der Waals surface area contributed by atoms with E-state index in [1.165, 1.54) is 10.6 Å². The highest BCUT2D eigenvalue weighted by atomic mass is 79.9. The summed E-state index contributed by atoms with van der Waals surface area (Å²) in [7, 11) is 0. The Balaban J connectivity index is 1.47. The number of aromatic nitrogens is 5. The number of hydrogen-bond donors (Lipinski definition) is 0. The zero-order chi connectivity index (χ0) is 21.5. The molecule has 0 saturated carbocycles. The van der Waals surface area contributed by atoms with Crippen molar-refractivity contribution < 1.29 is 13.2 Å². The summed E-state index contributed by atoms with van der Waals surface area (Å²) in [6.45, 7) is 3.05. The molecule has 30 heavy (non-hydrogen) atoms. The lowest BCUT2D eigenvalue weighted by Gasteiger charge is -2.32. The summed E-state index contributed by atoms with van der Waals surface area (Å²) < 4.78 is 42.6. The van der Waals surface area contributed by atoms with Crippen molar-refractivity contribution in [2.24, 2.45) is 0 Å². The van der Waals surface area contributed by atoms with Crippen LogP contribution in [0.2, 0.25) is 0 Å². The van der Waals surface area contributed by atoms with E-state index in [2.05, 4.69) is 31.0 Å². The van der Waals surface area contributed by atoms with Crippen molar-refractivity contribution >= 4 is 33.2 Å². The van der Waals surface area contributed by atoms with Crippen molar-refractivity contribution in [2.75, 3.05) is 18.0 Å². The van der Waals surface area contributed by atoms with Gasteiger partial charge in [0.2, 0.25) is 5.95 Å². The molecule has 1 fully saturated rings. The highest BCUT2D eigenvalue weighted by molar-refractivity contribution is 9.10. The third kappa shape index (κ3) is 4.43. The molecule has 0 spiro atoms. The monoisotopic (exact) mass is 502 g/mol. The van der Waals surface area contributed by atoms with Gasteiger partial charge in [0.1, 0.15) is 10.7 Å². The molecule has 0 radical (unpaired) electrons. The molecule has 1 saturated heterocycles. The van der Waals surface area contributed by atoms with Gasteiger partial charge >= 0.3 is 11.9 Å². The summed E-state index contributed by atoms with van der Waals surface area (Å²) in [6.07, 6.45) is 0.992. The molecule has 12 heteroatoms. The van der Waals surface area contributed by atoms with Crippen molar-refractivity contribution in [3.8, 4) is 0 Å². The molecule has 160 valence electrons. The number of hydrogen-bond acceptors (Lipinski definition) is 6. The first-order valence-corrected chi connectivity index (χ1v) is 10.9. The normalized spacial score (nSPS) is 15.7. The summed E-state index contributed by atoms with van der Waals surface area (Å²) in [6, 6.07) is 2.68. The fraction of sp³-hybridized carbons (Fsp3) is 0.444. The summed E-state index contributed by atoms with van der Waals surface area (Å²) in [5.74, 6) is 0.779. The Morgan fingerprint density at radius 3 is 2.53 bits per heavy atom. The second kappa shape index (κ2) is 8.14. The summed E-state index contributed by atoms with van der Waals surface area (Å²) in [5.41, 5.74) is -0.516. The van der Waals surface area contributed by atoms with Gasteiger partial charge in [-0.3, -0.25) is 9.25 Å². The maximum atomic E-state index is 12.8. The average Bonchev–Trinajstić information content (AvgIpc) is 3.33. The lowest BCUT2D eigenvalue weighted by Crippen LogP contribution is -2.38. The minimum atomic E-state index is -4.39. The first-order valence-electron chi connectivity index (χ1n) is 9.26. The number of aryl methyl sites for hydroxylation is 1. The van der Waals surface area contributed by atoms with Gasteiger partial charge in [-0.25, -0.2) is 4.79 Å². The standard InChI is InChI=1S/C18H18BrF3N6OS/c1-11-24-16(26-6-4-13(5-7-26)28-9-12(19)8-23-28)25-17(29)27(11)10-14-2-3-15(30-14)18(20,21)22/h2-3,8-9,13H,4-7,10H2,1H3. The molecule has 0 amide bonds. The molecule has 0 atom stereocenters. The number of piperidine rings is 1. The van der Waals surface area contributed by atoms with Crippen LogP contribution in [-0.2, 0) is 12.7 Å². The van der Waals surface area contributed by atoms with Gasteiger partial charge in [-0.05, 0) is 47.8 Å². The summed E-state index contributed by atoms with van der Waals surface area (Å²) in [5, 5.41) is 4.33. The Morgan fingerprint density at radius 2 is 1.97 bits per heavy atom. The SMILES string of the molecule is Cc1nc(N2CCC(n3cc(Br)cn3)CC2)nc(=O)n1Cc1ccc(C(F)(F)F)s1. The van der Waals surface area contributed by atoms with E-state index < -0.39 is 16.7 Å². The minimum absolute atomic E-state index is 0.0158. The molecule has 3 aromatic rings. The van der Waals surface area contributed by atoms with Gasteiger partial charge < -0.3 is 4.90 Å². The van der Waals surface area contributed by atoms with E-state index >= 15 is 0 Å². The fourth-order valence-corrected chi connectivity index (χ4v) is 4.62. The first-order chi connectivity index (χ1) is 14.2. The topological polar surface area (TPSA) is 68.8 Å². The number of alkyl halides is 3. The molecule has 4 rings (SSSR count). The van der Waals surface area contributed by atoms with Crippen LogP contribution in [0.25, 0.3) is 0 Å². The van der Waals surface area contributed by atoms with E-state index in [4.69, 9.17) is 0 Å². The highest BCUT2D eigenvalue weighted by Gasteiger charge is 2.32. The van der Waals surface area contributed by atoms with E-state index in [9.17, 15) is 18.0 Å². The fourth-order valence-electron chi connectivity index (χ4n) is 3.45. The summed E-state index contributed by atoms with van der Waals surface area (Å²) >= 11 is 4.02. The van der Waals surface area contributed by atoms with Gasteiger partial charge in [-0.2, -0.15) is 28.2 Å². The largest absolute Gasteiger partial charge is 0.425 e. The van der Waals surface area contributed by atoms with Crippen LogP contribution in [0.5, 0.6) is 0 Å². The van der Waals surface area contributed by atoms with Crippen LogP contribution in [0.4, 0.5) is 19.1 Å². The van der Waals surface area contributed by atoms with Gasteiger partial charge in [-0.15, -0.1) is 11.3 Å². The van der Waals surface area contributed by atoms with Crippen molar-refractivity contribution in [3.05, 3.63) is 55.1 Å². The second-order valence-corrected chi connectivity index (χ2v) is 9.14. The van der Waals surface area contributed by atoms with Gasteiger partial charge in [0.25, 0.3) is 0 Å². The number of nitrogens with zero attached hydrogens (tertiary/aromatic N) is 6. The number of thiophene rings is 1. The van der Waals surface area contributed by atoms with Gasteiger partial charge in [-0.1, -0.05) is 0 Å². The minimum Gasteiger partial charge on any atom is -0.340 e. The molecule has 1 aliphatic heterocycles. The third-order valence-electron chi connectivity index (χ3n) is 5.03. The molecule has 0 unspecified atom stereocenters. The molecule has 7 nitrogen and oxygen atoms in total. The molecule has 1 aliphatic rings. The average molecular weight is 503 g/mol. The maximum absolute atomic E-state index is 12.8. The maximum Gasteiger partial charge on any atom is 0.425 e. The van der Waals surface area contributed by atoms with Crippen LogP contribution in [-0.4, -0.2) is 37.4 Å². The summed E-state index contributed by atoms with van der Waals surface area (Å²) in [4.78, 5) is 22.8. The van der Waals surface area contributed by atoms with Gasteiger partial charge in [0.15, 0.2) is 0 Å². The molecule has 0 aromatic carbocycles. The Morgan fingerprint density at radius 1 is 1.23 bits per heavy atom. The highest BCUT2D eigenvalue weighted by Crippen LogP contribution is 2.34. The molecule has 3 aromatic heterocycles. The van der Waals surface area contributed by atoms with Gasteiger partial charge in [0.05, 0.1) is 23.3 Å². The van der Waals surface area contributed by atoms with Crippen LogP contribution in [0.15, 0.2) is 33.8 Å². The Hall–Kier alpha value is -2.21. The molecular weight excluding hydrogens is 485 g/mol. The van der Waals surface area contributed by atoms with E-state index in [1.54, 1.807) is 13.1 Å². The smallest absolute Gasteiger partial charge is 0.340 e. The molecule has 0 N–H and O–H groups in total. The Bertz CT molecular complexity index is 1100. The van der Waals surface area contributed by atoms with Crippen LogP contribution in [0.1, 0.15) is 34.5 Å². The number of anilines is 1. The molecular formula is C18H18BrF3N6OS. The predicted molar refractivity (Wildman–Crippen MR) is 110 cm³/mol. The van der Waals surface area contributed by atoms with E-state index in [0.717, 1.165) is 23.4 Å². The van der Waals surface area contributed by atoms with E-state index in [0.29, 0.717) is 41.1 Å². The third-order valence-corrected chi connectivity index (χ3v) is 6.55. The Kier molecular flexibility index (Phi) is 5.71. The van der Waals surface area contributed by atoms with E-state index in [1.807, 2.05) is 15.8 Å². The lowest BCUT2D eigenvalue weighted by molar-refractivity contribution is -0.134. The van der Waals surface area contributed by atoms with Crippen LogP contribution in [0, 0.1) is 6.92 Å². The number of rotatable bonds is 4. The zero-order valence-electron chi connectivity index (χ0n) is 15.9. The van der Waals surface area contributed by atoms with E-state index in [-0.39, 0.29) is 12.6 Å². The Labute approximate surface area is 182 Å².